The monoisotopic (exact) mass is 351 g/mol. The third-order valence-electron chi connectivity index (χ3n) is 4.58. The van der Waals surface area contributed by atoms with Gasteiger partial charge in [0.25, 0.3) is 0 Å². The number of benzene rings is 1. The zero-order valence-corrected chi connectivity index (χ0v) is 14.0. The molecule has 2 aromatic rings. The summed E-state index contributed by atoms with van der Waals surface area (Å²) in [6, 6.07) is 5.38. The van der Waals surface area contributed by atoms with Crippen molar-refractivity contribution < 1.29 is 18.0 Å². The molecule has 0 spiro atoms. The summed E-state index contributed by atoms with van der Waals surface area (Å²) in [5, 5.41) is 0. The van der Waals surface area contributed by atoms with Crippen LogP contribution in [0, 0.1) is 5.92 Å². The minimum Gasteiger partial charge on any atom is -0.332 e. The minimum atomic E-state index is -4.34. The standard InChI is InChI=1S/C18H20F3N3O/c1-23-9-7-22-17(23)16(25)14-5-3-8-24(12-14)11-13-4-2-6-15(10-13)18(19,20)21/h2,4,6-7,9-10,14H,3,5,8,11-12H2,1H3/t14-/m0/s1. The molecule has 0 bridgehead atoms. The largest absolute Gasteiger partial charge is 0.416 e. The third-order valence-corrected chi connectivity index (χ3v) is 4.58. The quantitative estimate of drug-likeness (QED) is 0.791. The van der Waals surface area contributed by atoms with Crippen LogP contribution in [0.15, 0.2) is 36.7 Å². The summed E-state index contributed by atoms with van der Waals surface area (Å²) in [6.45, 7) is 1.73. The number of hydrogen-bond acceptors (Lipinski definition) is 3. The predicted octanol–water partition coefficient (Wildman–Crippen LogP) is 3.53. The number of likely N-dealkylation sites (tertiary alicyclic amines) is 1. The second-order valence-corrected chi connectivity index (χ2v) is 6.50. The van der Waals surface area contributed by atoms with E-state index >= 15 is 0 Å². The lowest BCUT2D eigenvalue weighted by Gasteiger charge is -2.31. The number of aryl methyl sites for hydroxylation is 1. The van der Waals surface area contributed by atoms with Crippen molar-refractivity contribution in [2.45, 2.75) is 25.6 Å². The molecule has 1 aliphatic rings. The Kier molecular flexibility index (Phi) is 4.94. The van der Waals surface area contributed by atoms with E-state index in [2.05, 4.69) is 4.98 Å². The molecule has 1 fully saturated rings. The Hall–Kier alpha value is -2.15. The molecule has 2 heterocycles. The van der Waals surface area contributed by atoms with Gasteiger partial charge in [-0.2, -0.15) is 13.2 Å². The topological polar surface area (TPSA) is 38.1 Å². The van der Waals surface area contributed by atoms with E-state index in [-0.39, 0.29) is 11.7 Å². The SMILES string of the molecule is Cn1ccnc1C(=O)[C@H]1CCCN(Cc2cccc(C(F)(F)F)c2)C1. The number of rotatable bonds is 4. The van der Waals surface area contributed by atoms with E-state index in [0.717, 1.165) is 25.5 Å². The molecule has 0 aliphatic carbocycles. The first-order chi connectivity index (χ1) is 11.8. The van der Waals surface area contributed by atoms with E-state index in [1.165, 1.54) is 12.1 Å². The highest BCUT2D eigenvalue weighted by Gasteiger charge is 2.31. The molecule has 0 unspecified atom stereocenters. The molecule has 1 atom stereocenters. The molecule has 25 heavy (non-hydrogen) atoms. The summed E-state index contributed by atoms with van der Waals surface area (Å²) in [5.41, 5.74) is -0.0254. The first-order valence-electron chi connectivity index (χ1n) is 8.24. The molecule has 4 nitrogen and oxygen atoms in total. The highest BCUT2D eigenvalue weighted by Crippen LogP contribution is 2.30. The number of ketones is 1. The van der Waals surface area contributed by atoms with Crippen LogP contribution < -0.4 is 0 Å². The van der Waals surface area contributed by atoms with Crippen molar-refractivity contribution >= 4 is 5.78 Å². The Morgan fingerprint density at radius 1 is 1.36 bits per heavy atom. The molecule has 3 rings (SSSR count). The average Bonchev–Trinajstić information content (AvgIpc) is 3.00. The van der Waals surface area contributed by atoms with Gasteiger partial charge in [0, 0.05) is 38.4 Å². The molecule has 134 valence electrons. The van der Waals surface area contributed by atoms with E-state index in [0.29, 0.717) is 24.5 Å². The Bertz CT molecular complexity index is 754. The number of aromatic nitrogens is 2. The van der Waals surface area contributed by atoms with Crippen LogP contribution >= 0.6 is 0 Å². The van der Waals surface area contributed by atoms with Gasteiger partial charge < -0.3 is 4.57 Å². The van der Waals surface area contributed by atoms with Crippen molar-refractivity contribution in [2.75, 3.05) is 13.1 Å². The van der Waals surface area contributed by atoms with Gasteiger partial charge in [0.05, 0.1) is 5.56 Å². The molecule has 0 amide bonds. The van der Waals surface area contributed by atoms with Crippen LogP contribution in [0.4, 0.5) is 13.2 Å². The van der Waals surface area contributed by atoms with Crippen LogP contribution in [-0.4, -0.2) is 33.3 Å². The second kappa shape index (κ2) is 7.00. The summed E-state index contributed by atoms with van der Waals surface area (Å²) in [6.07, 6.45) is 0.617. The first kappa shape index (κ1) is 17.7. The number of halogens is 3. The van der Waals surface area contributed by atoms with Gasteiger partial charge in [0.15, 0.2) is 5.82 Å². The fraction of sp³-hybridized carbons (Fsp3) is 0.444. The smallest absolute Gasteiger partial charge is 0.332 e. The third kappa shape index (κ3) is 4.10. The van der Waals surface area contributed by atoms with Gasteiger partial charge in [-0.3, -0.25) is 9.69 Å². The van der Waals surface area contributed by atoms with Gasteiger partial charge in [0.1, 0.15) is 0 Å². The molecular formula is C18H20F3N3O. The number of Topliss-reactive ketones (excluding diaryl/α,β-unsaturated/α-hetero) is 1. The number of carbonyl (C=O) groups excluding carboxylic acids is 1. The van der Waals surface area contributed by atoms with Crippen molar-refractivity contribution in [3.05, 3.63) is 53.6 Å². The zero-order chi connectivity index (χ0) is 18.0. The molecule has 0 radical (unpaired) electrons. The summed E-state index contributed by atoms with van der Waals surface area (Å²) < 4.78 is 40.2. The molecule has 1 aromatic carbocycles. The van der Waals surface area contributed by atoms with Gasteiger partial charge in [-0.1, -0.05) is 18.2 Å². The normalized spacial score (nSPS) is 19.1. The van der Waals surface area contributed by atoms with Gasteiger partial charge in [-0.05, 0) is 31.0 Å². The zero-order valence-electron chi connectivity index (χ0n) is 14.0. The molecule has 7 heteroatoms. The van der Waals surface area contributed by atoms with Crippen LogP contribution in [0.3, 0.4) is 0 Å². The number of nitrogens with zero attached hydrogens (tertiary/aromatic N) is 3. The van der Waals surface area contributed by atoms with E-state index < -0.39 is 11.7 Å². The van der Waals surface area contributed by atoms with Crippen LogP contribution in [-0.2, 0) is 19.8 Å². The van der Waals surface area contributed by atoms with Crippen molar-refractivity contribution in [1.29, 1.82) is 0 Å². The maximum atomic E-state index is 12.8. The Morgan fingerprint density at radius 2 is 2.16 bits per heavy atom. The van der Waals surface area contributed by atoms with E-state index in [4.69, 9.17) is 0 Å². The summed E-state index contributed by atoms with van der Waals surface area (Å²) in [5.74, 6) is 0.271. The van der Waals surface area contributed by atoms with E-state index in [1.807, 2.05) is 4.90 Å². The van der Waals surface area contributed by atoms with Crippen LogP contribution in [0.1, 0.15) is 34.6 Å². The average molecular weight is 351 g/mol. The van der Waals surface area contributed by atoms with Gasteiger partial charge in [0.2, 0.25) is 5.78 Å². The first-order valence-corrected chi connectivity index (χ1v) is 8.24. The fourth-order valence-corrected chi connectivity index (χ4v) is 3.30. The fourth-order valence-electron chi connectivity index (χ4n) is 3.30. The lowest BCUT2D eigenvalue weighted by atomic mass is 9.93. The number of carbonyl (C=O) groups is 1. The Morgan fingerprint density at radius 3 is 2.84 bits per heavy atom. The molecule has 1 aliphatic heterocycles. The minimum absolute atomic E-state index is 0.00115. The summed E-state index contributed by atoms with van der Waals surface area (Å²) >= 11 is 0. The van der Waals surface area contributed by atoms with Crippen molar-refractivity contribution in [2.24, 2.45) is 13.0 Å². The van der Waals surface area contributed by atoms with Crippen LogP contribution in [0.25, 0.3) is 0 Å². The molecule has 1 aromatic heterocycles. The molecule has 0 saturated carbocycles. The number of imidazole rings is 1. The van der Waals surface area contributed by atoms with Crippen LogP contribution in [0.5, 0.6) is 0 Å². The Balaban J connectivity index is 1.68. The molecule has 1 saturated heterocycles. The number of piperidine rings is 1. The van der Waals surface area contributed by atoms with Crippen molar-refractivity contribution in [3.8, 4) is 0 Å². The molecule has 0 N–H and O–H groups in total. The summed E-state index contributed by atoms with van der Waals surface area (Å²) in [4.78, 5) is 18.8. The highest BCUT2D eigenvalue weighted by atomic mass is 19.4. The van der Waals surface area contributed by atoms with Gasteiger partial charge in [-0.15, -0.1) is 0 Å². The maximum Gasteiger partial charge on any atom is 0.416 e. The van der Waals surface area contributed by atoms with Gasteiger partial charge in [-0.25, -0.2) is 4.98 Å². The van der Waals surface area contributed by atoms with E-state index in [1.54, 1.807) is 30.1 Å². The number of alkyl halides is 3. The van der Waals surface area contributed by atoms with Crippen molar-refractivity contribution in [1.82, 2.24) is 14.5 Å². The predicted molar refractivity (Wildman–Crippen MR) is 87.0 cm³/mol. The maximum absolute atomic E-state index is 12.8. The summed E-state index contributed by atoms with van der Waals surface area (Å²) in [7, 11) is 1.78. The number of hydrogen-bond donors (Lipinski definition) is 0. The highest BCUT2D eigenvalue weighted by molar-refractivity contribution is 5.94. The van der Waals surface area contributed by atoms with Gasteiger partial charge >= 0.3 is 6.18 Å². The Labute approximate surface area is 144 Å². The second-order valence-electron chi connectivity index (χ2n) is 6.50. The van der Waals surface area contributed by atoms with E-state index in [9.17, 15) is 18.0 Å². The van der Waals surface area contributed by atoms with Crippen LogP contribution in [0.2, 0.25) is 0 Å². The lowest BCUT2D eigenvalue weighted by Crippen LogP contribution is -2.38. The van der Waals surface area contributed by atoms with Crippen molar-refractivity contribution in [3.63, 3.8) is 0 Å². The molecular weight excluding hydrogens is 331 g/mol. The lowest BCUT2D eigenvalue weighted by molar-refractivity contribution is -0.137.